The van der Waals surface area contributed by atoms with Gasteiger partial charge in [-0.25, -0.2) is 0 Å². The second-order valence-electron chi connectivity index (χ2n) is 9.95. The van der Waals surface area contributed by atoms with Gasteiger partial charge in [0.05, 0.1) is 0 Å². The standard InChI is InChI=1S/C32H29O2P/c1-32(2,3)24-19-20-27-29(21-24)31(28(22-30(27)33)23-13-7-4-8-14-23)35(34,25-15-9-5-10-16-25)26-17-11-6-12-18-26/h4-22,33H,1-3H3. The quantitative estimate of drug-likeness (QED) is 0.280. The zero-order chi connectivity index (χ0) is 24.6. The van der Waals surface area contributed by atoms with Gasteiger partial charge in [0, 0.05) is 21.3 Å². The summed E-state index contributed by atoms with van der Waals surface area (Å²) in [4.78, 5) is 0. The van der Waals surface area contributed by atoms with Crippen LogP contribution in [0.4, 0.5) is 0 Å². The van der Waals surface area contributed by atoms with E-state index in [4.69, 9.17) is 0 Å². The van der Waals surface area contributed by atoms with Crippen molar-refractivity contribution >= 4 is 33.8 Å². The van der Waals surface area contributed by atoms with Crippen LogP contribution in [0.25, 0.3) is 21.9 Å². The van der Waals surface area contributed by atoms with E-state index >= 15 is 4.57 Å². The van der Waals surface area contributed by atoms with Gasteiger partial charge in [-0.15, -0.1) is 0 Å². The molecular formula is C32H29O2P. The third kappa shape index (κ3) is 4.09. The zero-order valence-corrected chi connectivity index (χ0v) is 21.2. The van der Waals surface area contributed by atoms with E-state index in [9.17, 15) is 5.11 Å². The molecule has 0 fully saturated rings. The van der Waals surface area contributed by atoms with Crippen LogP contribution in [0.5, 0.6) is 5.75 Å². The lowest BCUT2D eigenvalue weighted by molar-refractivity contribution is 0.482. The average Bonchev–Trinajstić information content (AvgIpc) is 2.89. The van der Waals surface area contributed by atoms with Gasteiger partial charge in [-0.05, 0) is 39.6 Å². The van der Waals surface area contributed by atoms with Crippen molar-refractivity contribution in [2.24, 2.45) is 0 Å². The molecule has 0 spiro atoms. The lowest BCUT2D eigenvalue weighted by atomic mass is 9.85. The van der Waals surface area contributed by atoms with Crippen LogP contribution in [0, 0.1) is 0 Å². The predicted molar refractivity (Wildman–Crippen MR) is 149 cm³/mol. The van der Waals surface area contributed by atoms with E-state index in [-0.39, 0.29) is 11.2 Å². The normalized spacial score (nSPS) is 12.1. The Hall–Kier alpha value is -3.61. The topological polar surface area (TPSA) is 37.3 Å². The van der Waals surface area contributed by atoms with Crippen molar-refractivity contribution in [3.05, 3.63) is 121 Å². The summed E-state index contributed by atoms with van der Waals surface area (Å²) in [6, 6.07) is 37.3. The second-order valence-corrected chi connectivity index (χ2v) is 12.6. The number of hydrogen-bond donors (Lipinski definition) is 1. The van der Waals surface area contributed by atoms with Gasteiger partial charge in [0.15, 0.2) is 7.14 Å². The van der Waals surface area contributed by atoms with E-state index in [0.717, 1.165) is 38.0 Å². The number of fused-ring (bicyclic) bond motifs is 1. The van der Waals surface area contributed by atoms with Gasteiger partial charge in [0.1, 0.15) is 5.75 Å². The fourth-order valence-corrected chi connectivity index (χ4v) is 7.77. The Kier molecular flexibility index (Phi) is 5.87. The molecule has 0 bridgehead atoms. The second kappa shape index (κ2) is 8.87. The fourth-order valence-electron chi connectivity index (χ4n) is 4.72. The number of phenols is 1. The molecule has 0 unspecified atom stereocenters. The van der Waals surface area contributed by atoms with Crippen LogP contribution in [0.2, 0.25) is 0 Å². The minimum absolute atomic E-state index is 0.104. The molecule has 5 aromatic carbocycles. The van der Waals surface area contributed by atoms with E-state index in [1.165, 1.54) is 0 Å². The first kappa shape index (κ1) is 23.1. The lowest BCUT2D eigenvalue weighted by Gasteiger charge is -2.27. The monoisotopic (exact) mass is 476 g/mol. The summed E-state index contributed by atoms with van der Waals surface area (Å²) in [6.07, 6.45) is 0. The van der Waals surface area contributed by atoms with E-state index in [1.807, 2.05) is 97.1 Å². The Balaban J connectivity index is 2.01. The van der Waals surface area contributed by atoms with Crippen molar-refractivity contribution < 1.29 is 9.67 Å². The van der Waals surface area contributed by atoms with Gasteiger partial charge >= 0.3 is 0 Å². The minimum atomic E-state index is -3.33. The molecular weight excluding hydrogens is 447 g/mol. The summed E-state index contributed by atoms with van der Waals surface area (Å²) in [6.45, 7) is 6.51. The third-order valence-electron chi connectivity index (χ3n) is 6.59. The Morgan fingerprint density at radius 1 is 0.629 bits per heavy atom. The Labute approximate surface area is 207 Å². The summed E-state index contributed by atoms with van der Waals surface area (Å²) in [5, 5.41) is 15.0. The van der Waals surface area contributed by atoms with E-state index in [1.54, 1.807) is 6.07 Å². The van der Waals surface area contributed by atoms with Gasteiger partial charge in [-0.2, -0.15) is 0 Å². The number of benzene rings is 5. The maximum atomic E-state index is 15.6. The van der Waals surface area contributed by atoms with Crippen LogP contribution < -0.4 is 15.9 Å². The van der Waals surface area contributed by atoms with Gasteiger partial charge < -0.3 is 9.67 Å². The average molecular weight is 477 g/mol. The highest BCUT2D eigenvalue weighted by Gasteiger charge is 2.35. The number of rotatable bonds is 4. The first-order valence-electron chi connectivity index (χ1n) is 11.9. The van der Waals surface area contributed by atoms with Gasteiger partial charge in [-0.1, -0.05) is 124 Å². The largest absolute Gasteiger partial charge is 0.507 e. The third-order valence-corrected chi connectivity index (χ3v) is 9.75. The molecule has 1 N–H and O–H groups in total. The first-order chi connectivity index (χ1) is 16.8. The van der Waals surface area contributed by atoms with Crippen LogP contribution in [-0.2, 0) is 9.98 Å². The highest BCUT2D eigenvalue weighted by Crippen LogP contribution is 2.49. The smallest absolute Gasteiger partial charge is 0.172 e. The highest BCUT2D eigenvalue weighted by atomic mass is 31.2. The molecule has 0 amide bonds. The van der Waals surface area contributed by atoms with Gasteiger partial charge in [0.25, 0.3) is 0 Å². The molecule has 2 nitrogen and oxygen atoms in total. The van der Waals surface area contributed by atoms with Crippen molar-refractivity contribution in [1.82, 2.24) is 0 Å². The summed E-state index contributed by atoms with van der Waals surface area (Å²) < 4.78 is 15.6. The Morgan fingerprint density at radius 3 is 1.66 bits per heavy atom. The van der Waals surface area contributed by atoms with E-state index < -0.39 is 7.14 Å². The predicted octanol–water partition coefficient (Wildman–Crippen LogP) is 7.15. The number of aromatic hydroxyl groups is 1. The maximum absolute atomic E-state index is 15.6. The molecule has 0 aliphatic carbocycles. The summed E-state index contributed by atoms with van der Waals surface area (Å²) >= 11 is 0. The van der Waals surface area contributed by atoms with E-state index in [0.29, 0.717) is 5.39 Å². The summed E-state index contributed by atoms with van der Waals surface area (Å²) in [5.41, 5.74) is 2.74. The van der Waals surface area contributed by atoms with E-state index in [2.05, 4.69) is 32.9 Å². The molecule has 174 valence electrons. The molecule has 0 radical (unpaired) electrons. The molecule has 0 aliphatic rings. The molecule has 0 atom stereocenters. The van der Waals surface area contributed by atoms with Crippen molar-refractivity contribution in [3.8, 4) is 16.9 Å². The van der Waals surface area contributed by atoms with Crippen LogP contribution in [0.1, 0.15) is 26.3 Å². The molecule has 3 heteroatoms. The Morgan fingerprint density at radius 2 is 1.14 bits per heavy atom. The lowest BCUT2D eigenvalue weighted by Crippen LogP contribution is -2.27. The van der Waals surface area contributed by atoms with Gasteiger partial charge in [-0.3, -0.25) is 0 Å². The molecule has 0 saturated carbocycles. The molecule has 5 rings (SSSR count). The van der Waals surface area contributed by atoms with Crippen molar-refractivity contribution in [1.29, 1.82) is 0 Å². The molecule has 0 heterocycles. The van der Waals surface area contributed by atoms with Crippen molar-refractivity contribution in [2.45, 2.75) is 26.2 Å². The van der Waals surface area contributed by atoms with Crippen LogP contribution in [0.3, 0.4) is 0 Å². The molecule has 5 aromatic rings. The number of phenolic OH excluding ortho intramolecular Hbond substituents is 1. The van der Waals surface area contributed by atoms with Crippen LogP contribution in [0.15, 0.2) is 115 Å². The SMILES string of the molecule is CC(C)(C)c1ccc2c(O)cc(-c3ccccc3)c(P(=O)(c3ccccc3)c3ccccc3)c2c1. The molecule has 35 heavy (non-hydrogen) atoms. The van der Waals surface area contributed by atoms with Gasteiger partial charge in [0.2, 0.25) is 0 Å². The first-order valence-corrected chi connectivity index (χ1v) is 13.6. The molecule has 0 saturated heterocycles. The molecule has 0 aliphatic heterocycles. The zero-order valence-electron chi connectivity index (χ0n) is 20.3. The highest BCUT2D eigenvalue weighted by molar-refractivity contribution is 7.86. The van der Waals surface area contributed by atoms with Crippen LogP contribution in [-0.4, -0.2) is 5.11 Å². The number of hydrogen-bond acceptors (Lipinski definition) is 2. The fraction of sp³-hybridized carbons (Fsp3) is 0.125. The van der Waals surface area contributed by atoms with Crippen LogP contribution >= 0.6 is 7.14 Å². The van der Waals surface area contributed by atoms with Crippen molar-refractivity contribution in [2.75, 3.05) is 0 Å². The maximum Gasteiger partial charge on any atom is 0.172 e. The summed E-state index contributed by atoms with van der Waals surface area (Å²) in [7, 11) is -3.33. The Bertz CT molecular complexity index is 1490. The van der Waals surface area contributed by atoms with Crippen molar-refractivity contribution in [3.63, 3.8) is 0 Å². The summed E-state index contributed by atoms with van der Waals surface area (Å²) in [5.74, 6) is 0.190. The minimum Gasteiger partial charge on any atom is -0.507 e. The molecule has 0 aromatic heterocycles.